The van der Waals surface area contributed by atoms with Crippen molar-refractivity contribution in [2.24, 2.45) is 0 Å². The molecule has 6 heteroatoms. The summed E-state index contributed by atoms with van der Waals surface area (Å²) in [6, 6.07) is 9.80. The third-order valence-corrected chi connectivity index (χ3v) is 6.26. The minimum Gasteiger partial charge on any atom is -0.374 e. The number of rotatable bonds is 8. The standard InChI is InChI=1S/C13H22O5Si/c1-13(14-2,15-3)19(16-4,17-5)18-11-12-9-7-6-8-10-12/h6-10H,11H2,1-5H3. The van der Waals surface area contributed by atoms with Crippen molar-refractivity contribution in [1.29, 1.82) is 0 Å². The summed E-state index contributed by atoms with van der Waals surface area (Å²) in [5, 5.41) is 0. The molecule has 0 unspecified atom stereocenters. The Kier molecular flexibility index (Phi) is 6.12. The molecule has 0 saturated heterocycles. The van der Waals surface area contributed by atoms with Crippen molar-refractivity contribution in [2.45, 2.75) is 18.9 Å². The SMILES string of the molecule is COC(C)(OC)[Si](OC)(OC)OCc1ccccc1. The Balaban J connectivity index is 2.88. The summed E-state index contributed by atoms with van der Waals surface area (Å²) in [6.07, 6.45) is 0. The van der Waals surface area contributed by atoms with Gasteiger partial charge in [-0.2, -0.15) is 0 Å². The van der Waals surface area contributed by atoms with Crippen molar-refractivity contribution in [2.75, 3.05) is 28.4 Å². The highest BCUT2D eigenvalue weighted by molar-refractivity contribution is 6.63. The molecule has 0 aliphatic heterocycles. The monoisotopic (exact) mass is 286 g/mol. The molecular weight excluding hydrogens is 264 g/mol. The number of benzene rings is 1. The smallest absolute Gasteiger partial charge is 0.374 e. The zero-order valence-electron chi connectivity index (χ0n) is 12.1. The molecule has 1 rings (SSSR count). The van der Waals surface area contributed by atoms with Crippen LogP contribution in [0.25, 0.3) is 0 Å². The summed E-state index contributed by atoms with van der Waals surface area (Å²) in [4.78, 5) is 0. The number of methoxy groups -OCH3 is 2. The maximum absolute atomic E-state index is 5.91. The third-order valence-electron chi connectivity index (χ3n) is 3.14. The van der Waals surface area contributed by atoms with E-state index in [4.69, 9.17) is 22.8 Å². The van der Waals surface area contributed by atoms with Gasteiger partial charge in [-0.1, -0.05) is 30.3 Å². The molecule has 1 aromatic rings. The molecule has 0 atom stereocenters. The summed E-state index contributed by atoms with van der Waals surface area (Å²) in [6.45, 7) is 2.12. The molecule has 108 valence electrons. The van der Waals surface area contributed by atoms with Gasteiger partial charge in [-0.05, 0) is 12.5 Å². The number of ether oxygens (including phenoxy) is 2. The molecule has 0 fully saturated rings. The second-order valence-corrected chi connectivity index (χ2v) is 7.22. The zero-order valence-corrected chi connectivity index (χ0v) is 13.1. The lowest BCUT2D eigenvalue weighted by atomic mass is 10.2. The van der Waals surface area contributed by atoms with Crippen molar-refractivity contribution in [3.63, 3.8) is 0 Å². The summed E-state index contributed by atoms with van der Waals surface area (Å²) in [5.41, 5.74) is -0.0197. The van der Waals surface area contributed by atoms with Gasteiger partial charge in [0.05, 0.1) is 6.61 Å². The number of hydrogen-bond donors (Lipinski definition) is 0. The second kappa shape index (κ2) is 7.13. The van der Waals surface area contributed by atoms with Crippen LogP contribution in [-0.4, -0.2) is 42.7 Å². The van der Waals surface area contributed by atoms with Crippen LogP contribution in [0.5, 0.6) is 0 Å². The molecule has 1 aromatic carbocycles. The van der Waals surface area contributed by atoms with Crippen LogP contribution in [0, 0.1) is 0 Å². The first-order valence-electron chi connectivity index (χ1n) is 5.96. The fourth-order valence-corrected chi connectivity index (χ4v) is 4.05. The molecule has 0 aliphatic carbocycles. The lowest BCUT2D eigenvalue weighted by Gasteiger charge is -2.39. The maximum atomic E-state index is 5.91. The van der Waals surface area contributed by atoms with Crippen LogP contribution in [0.4, 0.5) is 0 Å². The molecule has 0 heterocycles. The van der Waals surface area contributed by atoms with Gasteiger partial charge >= 0.3 is 8.80 Å². The predicted octanol–water partition coefficient (Wildman–Crippen LogP) is 1.98. The van der Waals surface area contributed by atoms with Crippen molar-refractivity contribution in [3.8, 4) is 0 Å². The number of hydrogen-bond acceptors (Lipinski definition) is 5. The molecule has 0 saturated carbocycles. The molecular formula is C13H22O5Si. The maximum Gasteiger partial charge on any atom is 0.563 e. The van der Waals surface area contributed by atoms with Gasteiger partial charge in [0.1, 0.15) is 0 Å². The normalized spacial score (nSPS) is 12.7. The summed E-state index contributed by atoms with van der Waals surface area (Å²) in [5.74, 6) is 0. The highest BCUT2D eigenvalue weighted by atomic mass is 28.4. The van der Waals surface area contributed by atoms with Crippen molar-refractivity contribution in [1.82, 2.24) is 0 Å². The molecule has 0 aromatic heterocycles. The Morgan fingerprint density at radius 2 is 1.47 bits per heavy atom. The molecule has 0 bridgehead atoms. The van der Waals surface area contributed by atoms with Gasteiger partial charge in [0.15, 0.2) is 0 Å². The summed E-state index contributed by atoms with van der Waals surface area (Å²) >= 11 is 0. The van der Waals surface area contributed by atoms with E-state index in [2.05, 4.69) is 0 Å². The largest absolute Gasteiger partial charge is 0.563 e. The fraction of sp³-hybridized carbons (Fsp3) is 0.538. The Hall–Kier alpha value is -0.763. The van der Waals surface area contributed by atoms with Gasteiger partial charge in [-0.25, -0.2) is 0 Å². The molecule has 0 N–H and O–H groups in total. The third kappa shape index (κ3) is 3.41. The van der Waals surface area contributed by atoms with E-state index in [9.17, 15) is 0 Å². The van der Waals surface area contributed by atoms with E-state index in [1.165, 1.54) is 28.4 Å². The highest BCUT2D eigenvalue weighted by Gasteiger charge is 2.60. The first-order valence-corrected chi connectivity index (χ1v) is 7.68. The predicted molar refractivity (Wildman–Crippen MR) is 73.4 cm³/mol. The van der Waals surface area contributed by atoms with E-state index in [1.807, 2.05) is 30.3 Å². The summed E-state index contributed by atoms with van der Waals surface area (Å²) in [7, 11) is 3.03. The van der Waals surface area contributed by atoms with E-state index in [1.54, 1.807) is 6.92 Å². The van der Waals surface area contributed by atoms with Crippen molar-refractivity contribution < 1.29 is 22.8 Å². The van der Waals surface area contributed by atoms with Crippen LogP contribution < -0.4 is 0 Å². The van der Waals surface area contributed by atoms with Gasteiger partial charge in [0.25, 0.3) is 0 Å². The molecule has 0 amide bonds. The van der Waals surface area contributed by atoms with Crippen LogP contribution in [0.15, 0.2) is 30.3 Å². The van der Waals surface area contributed by atoms with E-state index < -0.39 is 14.2 Å². The Morgan fingerprint density at radius 1 is 0.947 bits per heavy atom. The van der Waals surface area contributed by atoms with E-state index in [-0.39, 0.29) is 0 Å². The minimum absolute atomic E-state index is 0.372. The van der Waals surface area contributed by atoms with Crippen LogP contribution in [0.1, 0.15) is 12.5 Å². The van der Waals surface area contributed by atoms with Gasteiger partial charge in [0, 0.05) is 28.4 Å². The van der Waals surface area contributed by atoms with E-state index >= 15 is 0 Å². The lowest BCUT2D eigenvalue weighted by molar-refractivity contribution is -0.182. The molecule has 19 heavy (non-hydrogen) atoms. The van der Waals surface area contributed by atoms with Crippen LogP contribution in [0.2, 0.25) is 0 Å². The van der Waals surface area contributed by atoms with Crippen molar-refractivity contribution in [3.05, 3.63) is 35.9 Å². The topological polar surface area (TPSA) is 46.2 Å². The zero-order chi connectivity index (χ0) is 14.4. The first-order chi connectivity index (χ1) is 9.07. The van der Waals surface area contributed by atoms with E-state index in [0.717, 1.165) is 5.56 Å². The second-order valence-electron chi connectivity index (χ2n) is 4.09. The lowest BCUT2D eigenvalue weighted by Crippen LogP contribution is -2.64. The molecule has 5 nitrogen and oxygen atoms in total. The quantitative estimate of drug-likeness (QED) is 0.540. The van der Waals surface area contributed by atoms with Gasteiger partial charge in [0.2, 0.25) is 5.41 Å². The van der Waals surface area contributed by atoms with Crippen molar-refractivity contribution >= 4 is 8.80 Å². The Labute approximate surface area is 115 Å². The first kappa shape index (κ1) is 16.3. The fourth-order valence-electron chi connectivity index (χ4n) is 1.79. The Bertz CT molecular complexity index is 363. The molecule has 0 aliphatic rings. The van der Waals surface area contributed by atoms with Crippen LogP contribution in [0.3, 0.4) is 0 Å². The van der Waals surface area contributed by atoms with Crippen LogP contribution >= 0.6 is 0 Å². The van der Waals surface area contributed by atoms with E-state index in [0.29, 0.717) is 6.61 Å². The average Bonchev–Trinajstić information content (AvgIpc) is 2.49. The minimum atomic E-state index is -3.12. The summed E-state index contributed by atoms with van der Waals surface area (Å²) < 4.78 is 27.7. The molecule has 0 spiro atoms. The van der Waals surface area contributed by atoms with Crippen LogP contribution in [-0.2, 0) is 29.4 Å². The van der Waals surface area contributed by atoms with Gasteiger partial charge in [-0.3, -0.25) is 0 Å². The van der Waals surface area contributed by atoms with Gasteiger partial charge < -0.3 is 22.8 Å². The molecule has 0 radical (unpaired) electrons. The Morgan fingerprint density at radius 3 is 1.89 bits per heavy atom. The highest BCUT2D eigenvalue weighted by Crippen LogP contribution is 2.28. The average molecular weight is 286 g/mol. The van der Waals surface area contributed by atoms with Gasteiger partial charge in [-0.15, -0.1) is 0 Å².